The van der Waals surface area contributed by atoms with Crippen LogP contribution in [0, 0.1) is 11.8 Å². The number of benzene rings is 1. The number of sulfonamides is 1. The Labute approximate surface area is 144 Å². The molecule has 2 unspecified atom stereocenters. The fourth-order valence-corrected chi connectivity index (χ4v) is 3.94. The molecule has 7 heteroatoms. The molecule has 0 saturated carbocycles. The number of likely N-dealkylation sites (tertiary alicyclic amines) is 1. The quantitative estimate of drug-likeness (QED) is 0.849. The molecular formula is C17H27N3O3S. The minimum atomic E-state index is -3.26. The first-order valence-corrected chi connectivity index (χ1v) is 9.96. The standard InChI is InChI=1S/C17H27N3O3S/c1-13-8-14(2)11-20(10-13)17(21)19-9-15-4-6-16(7-5-15)12-24(22,23)18-3/h4-7,13-14,18H,8-12H2,1-3H3,(H,19,21). The number of nitrogens with one attached hydrogen (secondary N) is 2. The Morgan fingerprint density at radius 3 is 2.21 bits per heavy atom. The molecule has 6 nitrogen and oxygen atoms in total. The summed E-state index contributed by atoms with van der Waals surface area (Å²) in [6, 6.07) is 7.23. The van der Waals surface area contributed by atoms with Crippen molar-refractivity contribution in [2.24, 2.45) is 11.8 Å². The van der Waals surface area contributed by atoms with E-state index in [1.807, 2.05) is 17.0 Å². The third-order valence-corrected chi connectivity index (χ3v) is 5.63. The molecule has 1 fully saturated rings. The first-order valence-electron chi connectivity index (χ1n) is 8.31. The van der Waals surface area contributed by atoms with E-state index >= 15 is 0 Å². The van der Waals surface area contributed by atoms with Gasteiger partial charge in [0.15, 0.2) is 0 Å². The van der Waals surface area contributed by atoms with Crippen molar-refractivity contribution in [1.82, 2.24) is 14.9 Å². The normalized spacial score (nSPS) is 21.5. The van der Waals surface area contributed by atoms with Gasteiger partial charge in [-0.2, -0.15) is 0 Å². The van der Waals surface area contributed by atoms with E-state index in [1.165, 1.54) is 13.5 Å². The highest BCUT2D eigenvalue weighted by Gasteiger charge is 2.25. The second-order valence-electron chi connectivity index (χ2n) is 6.79. The summed E-state index contributed by atoms with van der Waals surface area (Å²) in [5.41, 5.74) is 1.67. The minimum absolute atomic E-state index is 0.0322. The molecule has 2 amide bonds. The molecule has 1 aliphatic rings. The van der Waals surface area contributed by atoms with E-state index < -0.39 is 10.0 Å². The summed E-state index contributed by atoms with van der Waals surface area (Å²) >= 11 is 0. The summed E-state index contributed by atoms with van der Waals surface area (Å²) in [5, 5.41) is 2.95. The molecule has 24 heavy (non-hydrogen) atoms. The van der Waals surface area contributed by atoms with Gasteiger partial charge in [0, 0.05) is 19.6 Å². The molecule has 2 N–H and O–H groups in total. The van der Waals surface area contributed by atoms with Crippen LogP contribution in [0.25, 0.3) is 0 Å². The zero-order chi connectivity index (χ0) is 17.7. The lowest BCUT2D eigenvalue weighted by atomic mass is 9.92. The van der Waals surface area contributed by atoms with Crippen molar-refractivity contribution in [3.63, 3.8) is 0 Å². The lowest BCUT2D eigenvalue weighted by molar-refractivity contribution is 0.146. The number of hydrogen-bond acceptors (Lipinski definition) is 3. The first kappa shape index (κ1) is 18.7. The molecule has 2 atom stereocenters. The Morgan fingerprint density at radius 2 is 1.67 bits per heavy atom. The monoisotopic (exact) mass is 353 g/mol. The number of rotatable bonds is 5. The Kier molecular flexibility index (Phi) is 6.23. The smallest absolute Gasteiger partial charge is 0.317 e. The highest BCUT2D eigenvalue weighted by atomic mass is 32.2. The van der Waals surface area contributed by atoms with E-state index in [1.54, 1.807) is 12.1 Å². The summed E-state index contributed by atoms with van der Waals surface area (Å²) < 4.78 is 25.3. The number of amides is 2. The van der Waals surface area contributed by atoms with Crippen molar-refractivity contribution in [3.05, 3.63) is 35.4 Å². The van der Waals surface area contributed by atoms with Crippen LogP contribution in [0.1, 0.15) is 31.4 Å². The van der Waals surface area contributed by atoms with Gasteiger partial charge in [-0.25, -0.2) is 17.9 Å². The van der Waals surface area contributed by atoms with Gasteiger partial charge < -0.3 is 10.2 Å². The summed E-state index contributed by atoms with van der Waals surface area (Å²) in [6.45, 7) is 6.40. The molecular weight excluding hydrogens is 326 g/mol. The maximum absolute atomic E-state index is 12.3. The average molecular weight is 353 g/mol. The molecule has 1 aromatic rings. The van der Waals surface area contributed by atoms with Gasteiger partial charge in [-0.05, 0) is 36.4 Å². The number of carbonyl (C=O) groups excluding carboxylic acids is 1. The summed E-state index contributed by atoms with van der Waals surface area (Å²) in [6.07, 6.45) is 1.17. The van der Waals surface area contributed by atoms with Crippen molar-refractivity contribution >= 4 is 16.1 Å². The van der Waals surface area contributed by atoms with Crippen molar-refractivity contribution < 1.29 is 13.2 Å². The molecule has 1 saturated heterocycles. The van der Waals surface area contributed by atoms with Crippen LogP contribution < -0.4 is 10.0 Å². The van der Waals surface area contributed by atoms with Gasteiger partial charge in [-0.15, -0.1) is 0 Å². The fourth-order valence-electron chi connectivity index (χ4n) is 3.16. The maximum Gasteiger partial charge on any atom is 0.317 e. The van der Waals surface area contributed by atoms with Crippen LogP contribution in [0.5, 0.6) is 0 Å². The molecule has 2 rings (SSSR count). The van der Waals surface area contributed by atoms with E-state index in [-0.39, 0.29) is 11.8 Å². The summed E-state index contributed by atoms with van der Waals surface area (Å²) in [5.74, 6) is 1.03. The van der Waals surface area contributed by atoms with Crippen molar-refractivity contribution in [2.45, 2.75) is 32.6 Å². The predicted molar refractivity (Wildman–Crippen MR) is 94.9 cm³/mol. The van der Waals surface area contributed by atoms with E-state index in [0.29, 0.717) is 18.4 Å². The van der Waals surface area contributed by atoms with Gasteiger partial charge in [-0.3, -0.25) is 0 Å². The molecule has 0 aromatic heterocycles. The lowest BCUT2D eigenvalue weighted by Crippen LogP contribution is -2.47. The number of hydrogen-bond donors (Lipinski definition) is 2. The third kappa shape index (κ3) is 5.49. The Bertz CT molecular complexity index is 648. The number of carbonyl (C=O) groups is 1. The SMILES string of the molecule is CNS(=O)(=O)Cc1ccc(CNC(=O)N2CC(C)CC(C)C2)cc1. The molecule has 0 aliphatic carbocycles. The van der Waals surface area contributed by atoms with E-state index in [2.05, 4.69) is 23.9 Å². The molecule has 1 aliphatic heterocycles. The molecule has 0 spiro atoms. The minimum Gasteiger partial charge on any atom is -0.334 e. The topological polar surface area (TPSA) is 78.5 Å². The van der Waals surface area contributed by atoms with Crippen LogP contribution in [-0.2, 0) is 22.3 Å². The third-order valence-electron chi connectivity index (χ3n) is 4.29. The first-order chi connectivity index (χ1) is 11.3. The van der Waals surface area contributed by atoms with E-state index in [0.717, 1.165) is 24.2 Å². The summed E-state index contributed by atoms with van der Waals surface area (Å²) in [7, 11) is -1.86. The van der Waals surface area contributed by atoms with E-state index in [9.17, 15) is 13.2 Å². The lowest BCUT2D eigenvalue weighted by Gasteiger charge is -2.34. The van der Waals surface area contributed by atoms with Gasteiger partial charge in [0.2, 0.25) is 10.0 Å². The Hall–Kier alpha value is -1.60. The summed E-state index contributed by atoms with van der Waals surface area (Å²) in [4.78, 5) is 14.2. The van der Waals surface area contributed by atoms with E-state index in [4.69, 9.17) is 0 Å². The average Bonchev–Trinajstić information content (AvgIpc) is 2.52. The molecule has 0 bridgehead atoms. The number of piperidine rings is 1. The van der Waals surface area contributed by atoms with Crippen LogP contribution >= 0.6 is 0 Å². The Morgan fingerprint density at radius 1 is 1.12 bits per heavy atom. The van der Waals surface area contributed by atoms with Crippen molar-refractivity contribution in [3.8, 4) is 0 Å². The molecule has 0 radical (unpaired) electrons. The highest BCUT2D eigenvalue weighted by molar-refractivity contribution is 7.88. The van der Waals surface area contributed by atoms with Crippen LogP contribution in [0.3, 0.4) is 0 Å². The van der Waals surface area contributed by atoms with Crippen LogP contribution in [0.2, 0.25) is 0 Å². The molecule has 1 heterocycles. The van der Waals surface area contributed by atoms with Crippen molar-refractivity contribution in [1.29, 1.82) is 0 Å². The van der Waals surface area contributed by atoms with Crippen molar-refractivity contribution in [2.75, 3.05) is 20.1 Å². The van der Waals surface area contributed by atoms with Gasteiger partial charge in [-0.1, -0.05) is 38.1 Å². The van der Waals surface area contributed by atoms with Crippen LogP contribution in [0.15, 0.2) is 24.3 Å². The zero-order valence-corrected chi connectivity index (χ0v) is 15.4. The predicted octanol–water partition coefficient (Wildman–Crippen LogP) is 1.92. The zero-order valence-electron chi connectivity index (χ0n) is 14.6. The Balaban J connectivity index is 1.87. The van der Waals surface area contributed by atoms with Gasteiger partial charge >= 0.3 is 6.03 Å². The largest absolute Gasteiger partial charge is 0.334 e. The van der Waals surface area contributed by atoms with Crippen LogP contribution in [-0.4, -0.2) is 39.5 Å². The second-order valence-corrected chi connectivity index (χ2v) is 8.72. The fraction of sp³-hybridized carbons (Fsp3) is 0.588. The highest BCUT2D eigenvalue weighted by Crippen LogP contribution is 2.20. The van der Waals surface area contributed by atoms with Gasteiger partial charge in [0.1, 0.15) is 0 Å². The number of urea groups is 1. The molecule has 1 aromatic carbocycles. The number of nitrogens with zero attached hydrogens (tertiary/aromatic N) is 1. The molecule has 134 valence electrons. The van der Waals surface area contributed by atoms with Crippen LogP contribution in [0.4, 0.5) is 4.79 Å². The second kappa shape index (κ2) is 7.98. The van der Waals surface area contributed by atoms with Gasteiger partial charge in [0.05, 0.1) is 5.75 Å². The maximum atomic E-state index is 12.3. The van der Waals surface area contributed by atoms with Gasteiger partial charge in [0.25, 0.3) is 0 Å².